The summed E-state index contributed by atoms with van der Waals surface area (Å²) in [5, 5.41) is 7.36. The van der Waals surface area contributed by atoms with Gasteiger partial charge in [-0.25, -0.2) is 0 Å². The molecular formula is C12H22N2O. The molecule has 0 heterocycles. The molecule has 0 aromatic heterocycles. The first-order chi connectivity index (χ1) is 7.11. The smallest absolute Gasteiger partial charge is 0.227 e. The molecule has 1 rings (SSSR count). The van der Waals surface area contributed by atoms with Gasteiger partial charge in [-0.15, -0.1) is 0 Å². The normalized spacial score (nSPS) is 17.5. The second kappa shape index (κ2) is 5.89. The topological polar surface area (TPSA) is 44.2 Å². The summed E-state index contributed by atoms with van der Waals surface area (Å²) in [7, 11) is 1.69. The number of nitrogens with one attached hydrogen (secondary N) is 1. The van der Waals surface area contributed by atoms with Gasteiger partial charge in [-0.2, -0.15) is 0 Å². The van der Waals surface area contributed by atoms with Gasteiger partial charge in [-0.3, -0.25) is 10.2 Å². The van der Waals surface area contributed by atoms with Crippen LogP contribution in [0.1, 0.15) is 51.9 Å². The van der Waals surface area contributed by atoms with Crippen LogP contribution in [0.15, 0.2) is 0 Å². The molecule has 0 atom stereocenters. The van der Waals surface area contributed by atoms with Crippen molar-refractivity contribution < 1.29 is 4.79 Å². The highest BCUT2D eigenvalue weighted by atomic mass is 16.2. The molecule has 0 bridgehead atoms. The number of hydrogen-bond donors (Lipinski definition) is 1. The second-order valence-corrected chi connectivity index (χ2v) is 4.58. The molecule has 3 nitrogen and oxygen atoms in total. The summed E-state index contributed by atoms with van der Waals surface area (Å²) < 4.78 is 0. The summed E-state index contributed by atoms with van der Waals surface area (Å²) in [6.07, 6.45) is 8.23. The Hall–Kier alpha value is -0.860. The molecule has 0 aromatic carbocycles. The SMILES string of the molecule is CC(=N)N(C)C(=O)CCC1CCCCC1. The van der Waals surface area contributed by atoms with Crippen molar-refractivity contribution in [3.63, 3.8) is 0 Å². The van der Waals surface area contributed by atoms with Gasteiger partial charge in [0.15, 0.2) is 0 Å². The summed E-state index contributed by atoms with van der Waals surface area (Å²) in [5.74, 6) is 1.18. The van der Waals surface area contributed by atoms with Crippen LogP contribution in [0.25, 0.3) is 0 Å². The van der Waals surface area contributed by atoms with Gasteiger partial charge >= 0.3 is 0 Å². The molecule has 1 N–H and O–H groups in total. The third-order valence-electron chi connectivity index (χ3n) is 3.37. The lowest BCUT2D eigenvalue weighted by molar-refractivity contribution is -0.126. The van der Waals surface area contributed by atoms with Crippen molar-refractivity contribution in [2.75, 3.05) is 7.05 Å². The minimum atomic E-state index is 0.0908. The van der Waals surface area contributed by atoms with Gasteiger partial charge in [0.05, 0.1) is 5.84 Å². The van der Waals surface area contributed by atoms with Gasteiger partial charge < -0.3 is 4.90 Å². The van der Waals surface area contributed by atoms with Gasteiger partial charge in [0, 0.05) is 13.5 Å². The Balaban J connectivity index is 2.23. The lowest BCUT2D eigenvalue weighted by Gasteiger charge is -2.22. The maximum atomic E-state index is 11.6. The Labute approximate surface area is 92.4 Å². The average molecular weight is 210 g/mol. The number of hydrogen-bond acceptors (Lipinski definition) is 2. The number of amides is 1. The van der Waals surface area contributed by atoms with E-state index in [-0.39, 0.29) is 5.91 Å². The third-order valence-corrected chi connectivity index (χ3v) is 3.37. The summed E-state index contributed by atoms with van der Waals surface area (Å²) >= 11 is 0. The molecular weight excluding hydrogens is 188 g/mol. The average Bonchev–Trinajstić information content (AvgIpc) is 2.26. The van der Waals surface area contributed by atoms with Crippen LogP contribution in [0.4, 0.5) is 0 Å². The summed E-state index contributed by atoms with van der Waals surface area (Å²) in [5.41, 5.74) is 0. The molecule has 0 aromatic rings. The first-order valence-corrected chi connectivity index (χ1v) is 5.93. The zero-order chi connectivity index (χ0) is 11.3. The molecule has 0 saturated heterocycles. The maximum Gasteiger partial charge on any atom is 0.227 e. The van der Waals surface area contributed by atoms with Crippen molar-refractivity contribution in [3.8, 4) is 0 Å². The monoisotopic (exact) mass is 210 g/mol. The predicted molar refractivity (Wildman–Crippen MR) is 62.0 cm³/mol. The van der Waals surface area contributed by atoms with Crippen molar-refractivity contribution in [2.45, 2.75) is 51.9 Å². The first kappa shape index (κ1) is 12.2. The molecule has 1 saturated carbocycles. The molecule has 1 aliphatic rings. The Kier molecular flexibility index (Phi) is 4.79. The van der Waals surface area contributed by atoms with Crippen LogP contribution in [0.3, 0.4) is 0 Å². The highest BCUT2D eigenvalue weighted by molar-refractivity contribution is 5.95. The molecule has 0 aliphatic heterocycles. The van der Waals surface area contributed by atoms with E-state index < -0.39 is 0 Å². The zero-order valence-corrected chi connectivity index (χ0v) is 9.88. The van der Waals surface area contributed by atoms with Gasteiger partial charge in [0.1, 0.15) is 0 Å². The van der Waals surface area contributed by atoms with Crippen LogP contribution >= 0.6 is 0 Å². The first-order valence-electron chi connectivity index (χ1n) is 5.93. The number of carbonyl (C=O) groups excluding carboxylic acids is 1. The van der Waals surface area contributed by atoms with Gasteiger partial charge in [-0.05, 0) is 19.3 Å². The quantitative estimate of drug-likeness (QED) is 0.565. The molecule has 0 radical (unpaired) electrons. The molecule has 86 valence electrons. The number of amidine groups is 1. The van der Waals surface area contributed by atoms with E-state index in [1.165, 1.54) is 37.0 Å². The van der Waals surface area contributed by atoms with Gasteiger partial charge in [-0.1, -0.05) is 32.1 Å². The largest absolute Gasteiger partial charge is 0.304 e. The minimum Gasteiger partial charge on any atom is -0.304 e. The molecule has 3 heteroatoms. The predicted octanol–water partition coefficient (Wildman–Crippen LogP) is 2.80. The summed E-state index contributed by atoms with van der Waals surface area (Å²) in [4.78, 5) is 13.1. The van der Waals surface area contributed by atoms with Crippen LogP contribution in [0.5, 0.6) is 0 Å². The second-order valence-electron chi connectivity index (χ2n) is 4.58. The van der Waals surface area contributed by atoms with E-state index in [1.807, 2.05) is 0 Å². The lowest BCUT2D eigenvalue weighted by Crippen LogP contribution is -2.30. The van der Waals surface area contributed by atoms with Crippen LogP contribution in [0, 0.1) is 11.3 Å². The van der Waals surface area contributed by atoms with E-state index >= 15 is 0 Å². The minimum absolute atomic E-state index is 0.0908. The fourth-order valence-electron chi connectivity index (χ4n) is 2.16. The molecule has 1 amide bonds. The van der Waals surface area contributed by atoms with Crippen LogP contribution in [0.2, 0.25) is 0 Å². The maximum absolute atomic E-state index is 11.6. The van der Waals surface area contributed by atoms with E-state index in [2.05, 4.69) is 0 Å². The highest BCUT2D eigenvalue weighted by Crippen LogP contribution is 2.27. The summed E-state index contributed by atoms with van der Waals surface area (Å²) in [6.45, 7) is 1.65. The molecule has 0 spiro atoms. The van der Waals surface area contributed by atoms with E-state index in [0.717, 1.165) is 12.3 Å². The van der Waals surface area contributed by atoms with Crippen molar-refractivity contribution in [1.82, 2.24) is 4.90 Å². The van der Waals surface area contributed by atoms with Crippen LogP contribution < -0.4 is 0 Å². The standard InChI is InChI=1S/C12H22N2O/c1-10(13)14(2)12(15)9-8-11-6-4-3-5-7-11/h11,13H,3-9H2,1-2H3. The van der Waals surface area contributed by atoms with Gasteiger partial charge in [0.25, 0.3) is 0 Å². The number of carbonyl (C=O) groups is 1. The van der Waals surface area contributed by atoms with E-state index in [0.29, 0.717) is 12.3 Å². The van der Waals surface area contributed by atoms with Crippen molar-refractivity contribution >= 4 is 11.7 Å². The third kappa shape index (κ3) is 4.02. The molecule has 15 heavy (non-hydrogen) atoms. The van der Waals surface area contributed by atoms with Gasteiger partial charge in [0.2, 0.25) is 5.91 Å². The number of rotatable bonds is 3. The van der Waals surface area contributed by atoms with E-state index in [9.17, 15) is 4.79 Å². The highest BCUT2D eigenvalue weighted by Gasteiger charge is 2.16. The number of nitrogens with zero attached hydrogens (tertiary/aromatic N) is 1. The summed E-state index contributed by atoms with van der Waals surface area (Å²) in [6, 6.07) is 0. The van der Waals surface area contributed by atoms with E-state index in [1.54, 1.807) is 14.0 Å². The Morgan fingerprint density at radius 3 is 2.47 bits per heavy atom. The van der Waals surface area contributed by atoms with Crippen molar-refractivity contribution in [2.24, 2.45) is 5.92 Å². The molecule has 0 unspecified atom stereocenters. The Bertz CT molecular complexity index is 232. The fraction of sp³-hybridized carbons (Fsp3) is 0.833. The van der Waals surface area contributed by atoms with Crippen molar-refractivity contribution in [3.05, 3.63) is 0 Å². The van der Waals surface area contributed by atoms with Crippen LogP contribution in [-0.2, 0) is 4.79 Å². The fourth-order valence-corrected chi connectivity index (χ4v) is 2.16. The zero-order valence-electron chi connectivity index (χ0n) is 9.88. The lowest BCUT2D eigenvalue weighted by atomic mass is 9.86. The van der Waals surface area contributed by atoms with Crippen LogP contribution in [-0.4, -0.2) is 23.7 Å². The molecule has 1 aliphatic carbocycles. The Morgan fingerprint density at radius 2 is 1.93 bits per heavy atom. The Morgan fingerprint density at radius 1 is 1.33 bits per heavy atom. The van der Waals surface area contributed by atoms with E-state index in [4.69, 9.17) is 5.41 Å². The van der Waals surface area contributed by atoms with Crippen molar-refractivity contribution in [1.29, 1.82) is 5.41 Å². The molecule has 1 fully saturated rings.